The number of aromatic nitrogens is 3. The van der Waals surface area contributed by atoms with Gasteiger partial charge in [0, 0.05) is 13.1 Å². The van der Waals surface area contributed by atoms with E-state index < -0.39 is 11.4 Å². The molecule has 5 nitrogen and oxygen atoms in total. The zero-order valence-corrected chi connectivity index (χ0v) is 12.8. The monoisotopic (exact) mass is 299 g/mol. The molecule has 102 valence electrons. The molecule has 1 unspecified atom stereocenters. The lowest BCUT2D eigenvalue weighted by atomic mass is 10.3. The Hall–Kier alpha value is -1.24. The Balaban J connectivity index is 2.26. The average Bonchev–Trinajstić information content (AvgIpc) is 2.63. The molecule has 0 saturated heterocycles. The van der Waals surface area contributed by atoms with Gasteiger partial charge in [-0.3, -0.25) is 4.68 Å². The fraction of sp³-hybridized carbons (Fsp3) is 0.333. The van der Waals surface area contributed by atoms with Crippen molar-refractivity contribution in [1.29, 1.82) is 0 Å². The summed E-state index contributed by atoms with van der Waals surface area (Å²) in [6.45, 7) is 3.98. The van der Waals surface area contributed by atoms with E-state index in [1.807, 2.05) is 31.6 Å². The van der Waals surface area contributed by atoms with Gasteiger partial charge in [-0.15, -0.1) is 4.18 Å². The zero-order valence-electron chi connectivity index (χ0n) is 11.3. The molecule has 0 fully saturated rings. The van der Waals surface area contributed by atoms with E-state index in [9.17, 15) is 0 Å². The van der Waals surface area contributed by atoms with E-state index in [-0.39, 0.29) is 0 Å². The van der Waals surface area contributed by atoms with Gasteiger partial charge in [-0.2, -0.15) is 9.82 Å². The number of hydrogen-bond acceptors (Lipinski definition) is 4. The normalized spacial score (nSPS) is 12.5. The van der Waals surface area contributed by atoms with Gasteiger partial charge in [0.1, 0.15) is 10.8 Å². The minimum Gasteiger partial charge on any atom is -0.270 e. The van der Waals surface area contributed by atoms with Crippen molar-refractivity contribution in [1.82, 2.24) is 14.8 Å². The van der Waals surface area contributed by atoms with E-state index in [2.05, 4.69) is 14.8 Å². The third-order valence-electron chi connectivity index (χ3n) is 2.78. The number of aryl methyl sites for hydroxylation is 2. The first kappa shape index (κ1) is 14.2. The summed E-state index contributed by atoms with van der Waals surface area (Å²) in [7, 11) is 3.58. The van der Waals surface area contributed by atoms with Crippen molar-refractivity contribution in [3.8, 4) is 0 Å². The lowest BCUT2D eigenvalue weighted by Gasteiger charge is -2.05. The van der Waals surface area contributed by atoms with Gasteiger partial charge in [-0.05, 0) is 19.9 Å². The van der Waals surface area contributed by atoms with E-state index in [1.54, 1.807) is 19.4 Å². The molecule has 2 rings (SSSR count). The van der Waals surface area contributed by atoms with Crippen LogP contribution in [0.1, 0.15) is 11.4 Å². The molecular formula is C12H16ClN4OS+. The maximum absolute atomic E-state index is 5.79. The summed E-state index contributed by atoms with van der Waals surface area (Å²) < 4.78 is 10.7. The van der Waals surface area contributed by atoms with Crippen LogP contribution in [0.5, 0.6) is 0 Å². The summed E-state index contributed by atoms with van der Waals surface area (Å²) >= 11 is 5.21. The Morgan fingerprint density at radius 1 is 1.37 bits per heavy atom. The second-order valence-corrected chi connectivity index (χ2v) is 5.96. The van der Waals surface area contributed by atoms with Crippen LogP contribution in [-0.4, -0.2) is 21.9 Å². The van der Waals surface area contributed by atoms with Crippen LogP contribution in [0.2, 0.25) is 5.15 Å². The Bertz CT molecular complexity index is 570. The van der Waals surface area contributed by atoms with Gasteiger partial charge in [0.25, 0.3) is 0 Å². The largest absolute Gasteiger partial charge is 0.307 e. The second kappa shape index (κ2) is 5.81. The first-order valence-corrected chi connectivity index (χ1v) is 7.23. The summed E-state index contributed by atoms with van der Waals surface area (Å²) in [5.41, 5.74) is 2.99. The summed E-state index contributed by atoms with van der Waals surface area (Å²) in [5.74, 6) is 0. The van der Waals surface area contributed by atoms with E-state index in [0.29, 0.717) is 5.15 Å². The predicted octanol–water partition coefficient (Wildman–Crippen LogP) is 2.65. The third-order valence-corrected chi connectivity index (χ3v) is 4.40. The number of hydrogen-bond donors (Lipinski definition) is 1. The Morgan fingerprint density at radius 3 is 2.58 bits per heavy atom. The summed E-state index contributed by atoms with van der Waals surface area (Å²) in [4.78, 5) is 5.01. The smallest absolute Gasteiger partial charge is 0.270 e. The van der Waals surface area contributed by atoms with Gasteiger partial charge in [0.2, 0.25) is 4.90 Å². The number of nitrogens with zero attached hydrogens (tertiary/aromatic N) is 3. The molecule has 0 spiro atoms. The Labute approximate surface area is 120 Å². The topological polar surface area (TPSA) is 52.0 Å². The fourth-order valence-corrected chi connectivity index (χ4v) is 3.01. The first-order valence-electron chi connectivity index (χ1n) is 5.70. The molecule has 1 N–H and O–H groups in total. The third kappa shape index (κ3) is 3.02. The highest BCUT2D eigenvalue weighted by Crippen LogP contribution is 2.24. The Morgan fingerprint density at radius 2 is 2.11 bits per heavy atom. The SMILES string of the molecule is CO[S+](Nc1c(C)nn(C)c1C)c1ccc(Cl)nc1. The van der Waals surface area contributed by atoms with Crippen molar-refractivity contribution in [2.75, 3.05) is 11.8 Å². The molecule has 0 aromatic carbocycles. The van der Waals surface area contributed by atoms with Crippen molar-refractivity contribution >= 4 is 28.7 Å². The molecule has 0 aliphatic heterocycles. The number of halogens is 1. The highest BCUT2D eigenvalue weighted by Gasteiger charge is 2.27. The molecule has 0 amide bonds. The lowest BCUT2D eigenvalue weighted by Crippen LogP contribution is -2.17. The van der Waals surface area contributed by atoms with E-state index >= 15 is 0 Å². The number of pyridine rings is 1. The second-order valence-electron chi connectivity index (χ2n) is 4.02. The van der Waals surface area contributed by atoms with Crippen molar-refractivity contribution in [2.24, 2.45) is 7.05 Å². The molecule has 2 aromatic heterocycles. The molecular weight excluding hydrogens is 284 g/mol. The van der Waals surface area contributed by atoms with Crippen molar-refractivity contribution in [2.45, 2.75) is 18.7 Å². The van der Waals surface area contributed by atoms with Crippen molar-refractivity contribution < 1.29 is 4.18 Å². The molecule has 2 aromatic rings. The van der Waals surface area contributed by atoms with Crippen molar-refractivity contribution in [3.05, 3.63) is 34.9 Å². The van der Waals surface area contributed by atoms with Gasteiger partial charge in [-0.1, -0.05) is 11.6 Å². The average molecular weight is 300 g/mol. The van der Waals surface area contributed by atoms with Crippen LogP contribution in [0, 0.1) is 13.8 Å². The summed E-state index contributed by atoms with van der Waals surface area (Å²) in [6.07, 6.45) is 1.71. The van der Waals surface area contributed by atoms with Gasteiger partial charge >= 0.3 is 11.4 Å². The van der Waals surface area contributed by atoms with E-state index in [0.717, 1.165) is 22.0 Å². The lowest BCUT2D eigenvalue weighted by molar-refractivity contribution is 0.475. The van der Waals surface area contributed by atoms with Crippen LogP contribution < -0.4 is 4.72 Å². The standard InChI is InChI=1S/C12H16ClN4OS/c1-8-12(9(2)17(3)15-8)16-19(18-4)10-5-6-11(13)14-7-10/h5-7,16H,1-4H3/q+1. The molecule has 0 aliphatic rings. The van der Waals surface area contributed by atoms with E-state index in [4.69, 9.17) is 15.8 Å². The van der Waals surface area contributed by atoms with Crippen molar-refractivity contribution in [3.63, 3.8) is 0 Å². The van der Waals surface area contributed by atoms with Crippen LogP contribution >= 0.6 is 11.6 Å². The van der Waals surface area contributed by atoms with Gasteiger partial charge < -0.3 is 0 Å². The van der Waals surface area contributed by atoms with E-state index in [1.165, 1.54) is 0 Å². The van der Waals surface area contributed by atoms with Crippen LogP contribution in [0.3, 0.4) is 0 Å². The fourth-order valence-electron chi connectivity index (χ4n) is 1.68. The number of nitrogens with one attached hydrogen (secondary N) is 1. The van der Waals surface area contributed by atoms with Crippen LogP contribution in [0.25, 0.3) is 0 Å². The molecule has 19 heavy (non-hydrogen) atoms. The molecule has 2 heterocycles. The van der Waals surface area contributed by atoms with Crippen LogP contribution in [0.15, 0.2) is 23.2 Å². The minimum atomic E-state index is -0.586. The summed E-state index contributed by atoms with van der Waals surface area (Å²) in [6, 6.07) is 3.65. The minimum absolute atomic E-state index is 0.470. The number of anilines is 1. The molecule has 1 atom stereocenters. The highest BCUT2D eigenvalue weighted by atomic mass is 35.5. The van der Waals surface area contributed by atoms with Crippen LogP contribution in [0.4, 0.5) is 5.69 Å². The first-order chi connectivity index (χ1) is 9.02. The molecule has 0 saturated carbocycles. The van der Waals surface area contributed by atoms with Gasteiger partial charge in [0.15, 0.2) is 0 Å². The maximum atomic E-state index is 5.79. The predicted molar refractivity (Wildman–Crippen MR) is 78.2 cm³/mol. The van der Waals surface area contributed by atoms with Gasteiger partial charge in [-0.25, -0.2) is 4.98 Å². The highest BCUT2D eigenvalue weighted by molar-refractivity contribution is 7.93. The number of rotatable bonds is 4. The van der Waals surface area contributed by atoms with Crippen LogP contribution in [-0.2, 0) is 22.6 Å². The quantitative estimate of drug-likeness (QED) is 0.696. The summed E-state index contributed by atoms with van der Waals surface area (Å²) in [5, 5.41) is 4.84. The Kier molecular flexibility index (Phi) is 4.34. The van der Waals surface area contributed by atoms with Gasteiger partial charge in [0.05, 0.1) is 24.7 Å². The zero-order chi connectivity index (χ0) is 14.0. The maximum Gasteiger partial charge on any atom is 0.307 e. The molecule has 0 radical (unpaired) electrons. The molecule has 0 aliphatic carbocycles. The molecule has 7 heteroatoms. The molecule has 0 bridgehead atoms.